The van der Waals surface area contributed by atoms with Gasteiger partial charge in [0, 0.05) is 17.4 Å². The minimum absolute atomic E-state index is 0.106. The van der Waals surface area contributed by atoms with E-state index in [1.54, 1.807) is 56.4 Å². The molecular weight excluding hydrogens is 390 g/mol. The largest absolute Gasteiger partial charge is 0.437 e. The molecule has 0 saturated carbocycles. The lowest BCUT2D eigenvalue weighted by Gasteiger charge is -2.22. The van der Waals surface area contributed by atoms with Crippen LogP contribution in [0.15, 0.2) is 66.9 Å². The summed E-state index contributed by atoms with van der Waals surface area (Å²) in [5.74, 6) is 1.01. The standard InChI is InChI=1S/C25H29N3O3/c1-24(2,3)19-9-6-7-11-21(19)31-22-20(10-8-16-26-22)28-23(29)27-18-14-12-17(13-15-18)25(4,5)30/h6-16,30H,1-5H3,(H2,27,28,29). The Labute approximate surface area is 183 Å². The van der Waals surface area contributed by atoms with Gasteiger partial charge in [0.2, 0.25) is 5.88 Å². The average Bonchev–Trinajstić information content (AvgIpc) is 2.69. The molecule has 6 heteroatoms. The van der Waals surface area contributed by atoms with E-state index in [0.29, 0.717) is 23.0 Å². The fourth-order valence-corrected chi connectivity index (χ4v) is 3.09. The van der Waals surface area contributed by atoms with Crippen LogP contribution < -0.4 is 15.4 Å². The van der Waals surface area contributed by atoms with Gasteiger partial charge in [0.05, 0.1) is 5.60 Å². The number of aromatic nitrogens is 1. The maximum atomic E-state index is 12.5. The molecule has 0 aliphatic rings. The lowest BCUT2D eigenvalue weighted by Crippen LogP contribution is -2.20. The number of nitrogens with one attached hydrogen (secondary N) is 2. The van der Waals surface area contributed by atoms with E-state index in [1.807, 2.05) is 24.3 Å². The molecule has 0 atom stereocenters. The molecule has 0 radical (unpaired) electrons. The minimum atomic E-state index is -0.938. The number of hydrogen-bond acceptors (Lipinski definition) is 4. The van der Waals surface area contributed by atoms with E-state index < -0.39 is 11.6 Å². The summed E-state index contributed by atoms with van der Waals surface area (Å²) >= 11 is 0. The molecule has 0 bridgehead atoms. The van der Waals surface area contributed by atoms with Crippen molar-refractivity contribution in [2.24, 2.45) is 0 Å². The van der Waals surface area contributed by atoms with Gasteiger partial charge >= 0.3 is 6.03 Å². The molecular formula is C25H29N3O3. The predicted octanol–water partition coefficient (Wildman–Crippen LogP) is 6.04. The molecule has 0 aliphatic heterocycles. The van der Waals surface area contributed by atoms with Gasteiger partial charge in [-0.1, -0.05) is 51.1 Å². The third-order valence-electron chi connectivity index (χ3n) is 4.77. The van der Waals surface area contributed by atoms with Crippen LogP contribution in [0.25, 0.3) is 0 Å². The number of anilines is 2. The van der Waals surface area contributed by atoms with Crippen LogP contribution in [0, 0.1) is 0 Å². The average molecular weight is 420 g/mol. The molecule has 0 spiro atoms. The normalized spacial score (nSPS) is 11.7. The summed E-state index contributed by atoms with van der Waals surface area (Å²) in [6.45, 7) is 9.77. The van der Waals surface area contributed by atoms with Crippen LogP contribution >= 0.6 is 0 Å². The Morgan fingerprint density at radius 1 is 0.903 bits per heavy atom. The minimum Gasteiger partial charge on any atom is -0.437 e. The maximum absolute atomic E-state index is 12.5. The number of carbonyl (C=O) groups excluding carboxylic acids is 1. The quantitative estimate of drug-likeness (QED) is 0.470. The fraction of sp³-hybridized carbons (Fsp3) is 0.280. The molecule has 1 heterocycles. The van der Waals surface area contributed by atoms with Crippen molar-refractivity contribution in [2.45, 2.75) is 45.6 Å². The molecule has 0 fully saturated rings. The topological polar surface area (TPSA) is 83.5 Å². The highest BCUT2D eigenvalue weighted by Gasteiger charge is 2.20. The summed E-state index contributed by atoms with van der Waals surface area (Å²) < 4.78 is 6.09. The zero-order valence-corrected chi connectivity index (χ0v) is 18.6. The monoisotopic (exact) mass is 419 g/mol. The first-order valence-electron chi connectivity index (χ1n) is 10.2. The van der Waals surface area contributed by atoms with Crippen molar-refractivity contribution < 1.29 is 14.6 Å². The van der Waals surface area contributed by atoms with Crippen LogP contribution in [-0.4, -0.2) is 16.1 Å². The molecule has 1 aromatic heterocycles. The number of carbonyl (C=O) groups is 1. The van der Waals surface area contributed by atoms with E-state index in [2.05, 4.69) is 36.4 Å². The van der Waals surface area contributed by atoms with E-state index in [0.717, 1.165) is 11.1 Å². The van der Waals surface area contributed by atoms with E-state index in [-0.39, 0.29) is 5.41 Å². The number of pyridine rings is 1. The van der Waals surface area contributed by atoms with Crippen molar-refractivity contribution in [3.05, 3.63) is 78.0 Å². The van der Waals surface area contributed by atoms with Crippen molar-refractivity contribution in [1.82, 2.24) is 4.98 Å². The number of urea groups is 1. The van der Waals surface area contributed by atoms with Crippen molar-refractivity contribution in [1.29, 1.82) is 0 Å². The molecule has 31 heavy (non-hydrogen) atoms. The van der Waals surface area contributed by atoms with E-state index in [1.165, 1.54) is 0 Å². The summed E-state index contributed by atoms with van der Waals surface area (Å²) in [4.78, 5) is 16.8. The first-order valence-corrected chi connectivity index (χ1v) is 10.2. The Hall–Kier alpha value is -3.38. The van der Waals surface area contributed by atoms with Gasteiger partial charge in [-0.3, -0.25) is 0 Å². The summed E-state index contributed by atoms with van der Waals surface area (Å²) in [7, 11) is 0. The molecule has 0 unspecified atom stereocenters. The zero-order chi connectivity index (χ0) is 22.6. The van der Waals surface area contributed by atoms with Gasteiger partial charge in [0.1, 0.15) is 11.4 Å². The number of rotatable bonds is 5. The van der Waals surface area contributed by atoms with Crippen molar-refractivity contribution in [3.8, 4) is 11.6 Å². The number of para-hydroxylation sites is 1. The van der Waals surface area contributed by atoms with Gasteiger partial charge in [0.15, 0.2) is 0 Å². The van der Waals surface area contributed by atoms with Crippen LogP contribution in [0.4, 0.5) is 16.2 Å². The van der Waals surface area contributed by atoms with Crippen LogP contribution in [-0.2, 0) is 11.0 Å². The van der Waals surface area contributed by atoms with Crippen molar-refractivity contribution >= 4 is 17.4 Å². The first-order chi connectivity index (χ1) is 14.5. The maximum Gasteiger partial charge on any atom is 0.323 e. The molecule has 0 saturated heterocycles. The highest BCUT2D eigenvalue weighted by molar-refractivity contribution is 6.00. The Balaban J connectivity index is 1.75. The third-order valence-corrected chi connectivity index (χ3v) is 4.77. The Morgan fingerprint density at radius 3 is 2.23 bits per heavy atom. The smallest absolute Gasteiger partial charge is 0.323 e. The van der Waals surface area contributed by atoms with E-state index in [9.17, 15) is 9.90 Å². The molecule has 3 aromatic rings. The number of nitrogens with zero attached hydrogens (tertiary/aromatic N) is 1. The van der Waals surface area contributed by atoms with Crippen LogP contribution in [0.2, 0.25) is 0 Å². The summed E-state index contributed by atoms with van der Waals surface area (Å²) in [5, 5.41) is 15.6. The van der Waals surface area contributed by atoms with Gasteiger partial charge < -0.3 is 20.5 Å². The second-order valence-electron chi connectivity index (χ2n) is 8.92. The summed E-state index contributed by atoms with van der Waals surface area (Å²) in [5.41, 5.74) is 1.83. The number of amides is 2. The zero-order valence-electron chi connectivity index (χ0n) is 18.6. The Morgan fingerprint density at radius 2 is 1.58 bits per heavy atom. The fourth-order valence-electron chi connectivity index (χ4n) is 3.09. The van der Waals surface area contributed by atoms with Gasteiger partial charge in [0.25, 0.3) is 0 Å². The molecule has 2 amide bonds. The van der Waals surface area contributed by atoms with Crippen molar-refractivity contribution in [3.63, 3.8) is 0 Å². The van der Waals surface area contributed by atoms with E-state index >= 15 is 0 Å². The molecule has 6 nitrogen and oxygen atoms in total. The highest BCUT2D eigenvalue weighted by Crippen LogP contribution is 2.35. The molecule has 2 aromatic carbocycles. The predicted molar refractivity (Wildman–Crippen MR) is 124 cm³/mol. The lowest BCUT2D eigenvalue weighted by molar-refractivity contribution is 0.0786. The Bertz CT molecular complexity index is 1050. The number of hydrogen-bond donors (Lipinski definition) is 3. The van der Waals surface area contributed by atoms with Crippen LogP contribution in [0.3, 0.4) is 0 Å². The third kappa shape index (κ3) is 5.83. The van der Waals surface area contributed by atoms with E-state index in [4.69, 9.17) is 4.74 Å². The second-order valence-corrected chi connectivity index (χ2v) is 8.92. The molecule has 162 valence electrons. The van der Waals surface area contributed by atoms with Crippen LogP contribution in [0.1, 0.15) is 45.7 Å². The number of ether oxygens (including phenoxy) is 1. The second kappa shape index (κ2) is 8.78. The van der Waals surface area contributed by atoms with Crippen molar-refractivity contribution in [2.75, 3.05) is 10.6 Å². The number of benzene rings is 2. The summed E-state index contributed by atoms with van der Waals surface area (Å²) in [6, 6.07) is 17.9. The molecule has 0 aliphatic carbocycles. The molecule has 3 N–H and O–H groups in total. The molecule has 3 rings (SSSR count). The van der Waals surface area contributed by atoms with Gasteiger partial charge in [-0.15, -0.1) is 0 Å². The highest BCUT2D eigenvalue weighted by atomic mass is 16.5. The lowest BCUT2D eigenvalue weighted by atomic mass is 9.86. The van der Waals surface area contributed by atoms with Gasteiger partial charge in [-0.25, -0.2) is 9.78 Å². The first kappa shape index (κ1) is 22.3. The van der Waals surface area contributed by atoms with Crippen LogP contribution in [0.5, 0.6) is 11.6 Å². The van der Waals surface area contributed by atoms with Gasteiger partial charge in [-0.2, -0.15) is 0 Å². The van der Waals surface area contributed by atoms with Gasteiger partial charge in [-0.05, 0) is 55.2 Å². The number of aliphatic hydroxyl groups is 1. The Kier molecular flexibility index (Phi) is 6.32. The summed E-state index contributed by atoms with van der Waals surface area (Å²) in [6.07, 6.45) is 1.62. The SMILES string of the molecule is CC(C)(C)c1ccccc1Oc1ncccc1NC(=O)Nc1ccc(C(C)(C)O)cc1.